The monoisotopic (exact) mass is 281 g/mol. The molecular formula is C15H20ClNO2. The molecule has 0 aromatic heterocycles. The van der Waals surface area contributed by atoms with Crippen LogP contribution in [0.1, 0.15) is 37.4 Å². The van der Waals surface area contributed by atoms with Crippen molar-refractivity contribution in [2.75, 3.05) is 13.7 Å². The minimum absolute atomic E-state index is 0.190. The third kappa shape index (κ3) is 2.93. The van der Waals surface area contributed by atoms with Crippen molar-refractivity contribution in [2.24, 2.45) is 5.41 Å². The summed E-state index contributed by atoms with van der Waals surface area (Å²) in [5.74, 6) is -0.190. The van der Waals surface area contributed by atoms with Crippen molar-refractivity contribution < 1.29 is 9.53 Å². The van der Waals surface area contributed by atoms with E-state index in [1.807, 2.05) is 26.0 Å². The standard InChI is InChI=1S/C15H20ClNO2/c1-15(2,14(18)19-3)9-17-13-8-7-10-11(13)5-4-6-12(10)16/h4-6,13,17H,7-9H2,1-3H3/t13-/m1/s1. The number of nitrogens with one attached hydrogen (secondary N) is 1. The SMILES string of the molecule is COC(=O)C(C)(C)CN[C@@H]1CCc2c(Cl)cccc21. The topological polar surface area (TPSA) is 38.3 Å². The van der Waals surface area contributed by atoms with Gasteiger partial charge in [-0.25, -0.2) is 0 Å². The highest BCUT2D eigenvalue weighted by Gasteiger charge is 2.31. The van der Waals surface area contributed by atoms with Gasteiger partial charge in [0.1, 0.15) is 0 Å². The van der Waals surface area contributed by atoms with Crippen molar-refractivity contribution in [2.45, 2.75) is 32.7 Å². The second-order valence-electron chi connectivity index (χ2n) is 5.66. The highest BCUT2D eigenvalue weighted by Crippen LogP contribution is 2.35. The zero-order valence-corrected chi connectivity index (χ0v) is 12.4. The number of esters is 1. The Labute approximate surface area is 119 Å². The van der Waals surface area contributed by atoms with Crippen LogP contribution in [0.4, 0.5) is 0 Å². The lowest BCUT2D eigenvalue weighted by molar-refractivity contribution is -0.150. The number of hydrogen-bond acceptors (Lipinski definition) is 3. The molecule has 0 spiro atoms. The summed E-state index contributed by atoms with van der Waals surface area (Å²) in [6.07, 6.45) is 2.02. The maximum absolute atomic E-state index is 11.7. The third-order valence-electron chi connectivity index (χ3n) is 3.74. The van der Waals surface area contributed by atoms with Gasteiger partial charge in [-0.05, 0) is 43.9 Å². The van der Waals surface area contributed by atoms with Crippen LogP contribution < -0.4 is 5.32 Å². The number of fused-ring (bicyclic) bond motifs is 1. The Balaban J connectivity index is 2.04. The van der Waals surface area contributed by atoms with Gasteiger partial charge in [0.25, 0.3) is 0 Å². The number of rotatable bonds is 4. The van der Waals surface area contributed by atoms with Crippen LogP contribution in [0.3, 0.4) is 0 Å². The molecule has 0 unspecified atom stereocenters. The molecule has 2 rings (SSSR count). The lowest BCUT2D eigenvalue weighted by Crippen LogP contribution is -2.38. The van der Waals surface area contributed by atoms with Gasteiger partial charge in [0.2, 0.25) is 0 Å². The predicted octanol–water partition coefficient (Wildman–Crippen LogP) is 3.12. The van der Waals surface area contributed by atoms with Crippen LogP contribution in [0.2, 0.25) is 5.02 Å². The van der Waals surface area contributed by atoms with Crippen LogP contribution in [-0.4, -0.2) is 19.6 Å². The third-order valence-corrected chi connectivity index (χ3v) is 4.10. The lowest BCUT2D eigenvalue weighted by atomic mass is 9.93. The molecule has 4 heteroatoms. The summed E-state index contributed by atoms with van der Waals surface area (Å²) in [5.41, 5.74) is 1.97. The molecule has 0 amide bonds. The number of methoxy groups -OCH3 is 1. The van der Waals surface area contributed by atoms with Crippen LogP contribution in [-0.2, 0) is 16.0 Å². The summed E-state index contributed by atoms with van der Waals surface area (Å²) < 4.78 is 4.82. The van der Waals surface area contributed by atoms with Gasteiger partial charge < -0.3 is 10.1 Å². The Morgan fingerprint density at radius 3 is 2.95 bits per heavy atom. The van der Waals surface area contributed by atoms with E-state index in [1.54, 1.807) is 0 Å². The van der Waals surface area contributed by atoms with Gasteiger partial charge in [-0.1, -0.05) is 23.7 Å². The van der Waals surface area contributed by atoms with E-state index < -0.39 is 5.41 Å². The van der Waals surface area contributed by atoms with Gasteiger partial charge >= 0.3 is 5.97 Å². The van der Waals surface area contributed by atoms with Gasteiger partial charge in [-0.15, -0.1) is 0 Å². The molecule has 0 fully saturated rings. The fourth-order valence-electron chi connectivity index (χ4n) is 2.55. The molecule has 0 saturated heterocycles. The van der Waals surface area contributed by atoms with E-state index in [0.717, 1.165) is 17.9 Å². The quantitative estimate of drug-likeness (QED) is 0.862. The van der Waals surface area contributed by atoms with Crippen LogP contribution >= 0.6 is 11.6 Å². The summed E-state index contributed by atoms with van der Waals surface area (Å²) in [6, 6.07) is 6.29. The Kier molecular flexibility index (Phi) is 4.16. The Hall–Kier alpha value is -1.06. The van der Waals surface area contributed by atoms with Crippen molar-refractivity contribution >= 4 is 17.6 Å². The molecular weight excluding hydrogens is 262 g/mol. The first-order chi connectivity index (χ1) is 8.95. The molecule has 0 bridgehead atoms. The van der Waals surface area contributed by atoms with E-state index in [2.05, 4.69) is 11.4 Å². The normalized spacial score (nSPS) is 18.2. The fraction of sp³-hybridized carbons (Fsp3) is 0.533. The Morgan fingerprint density at radius 1 is 1.53 bits per heavy atom. The molecule has 1 aromatic rings. The van der Waals surface area contributed by atoms with Crippen molar-refractivity contribution in [3.05, 3.63) is 34.3 Å². The van der Waals surface area contributed by atoms with E-state index in [0.29, 0.717) is 6.54 Å². The molecule has 19 heavy (non-hydrogen) atoms. The van der Waals surface area contributed by atoms with E-state index in [9.17, 15) is 4.79 Å². The van der Waals surface area contributed by atoms with Crippen LogP contribution in [0, 0.1) is 5.41 Å². The molecule has 0 aliphatic heterocycles. The second-order valence-corrected chi connectivity index (χ2v) is 6.06. The second kappa shape index (κ2) is 5.51. The molecule has 1 aromatic carbocycles. The lowest BCUT2D eigenvalue weighted by Gasteiger charge is -2.24. The molecule has 1 aliphatic carbocycles. The van der Waals surface area contributed by atoms with Crippen LogP contribution in [0.5, 0.6) is 0 Å². The number of hydrogen-bond donors (Lipinski definition) is 1. The molecule has 1 atom stereocenters. The minimum Gasteiger partial charge on any atom is -0.469 e. The zero-order valence-electron chi connectivity index (χ0n) is 11.6. The summed E-state index contributed by atoms with van der Waals surface area (Å²) in [7, 11) is 1.43. The maximum atomic E-state index is 11.7. The number of carbonyl (C=O) groups excluding carboxylic acids is 1. The van der Waals surface area contributed by atoms with Gasteiger partial charge in [-0.2, -0.15) is 0 Å². The maximum Gasteiger partial charge on any atom is 0.312 e. The van der Waals surface area contributed by atoms with Crippen LogP contribution in [0.15, 0.2) is 18.2 Å². The highest BCUT2D eigenvalue weighted by molar-refractivity contribution is 6.31. The fourth-order valence-corrected chi connectivity index (χ4v) is 2.82. The van der Waals surface area contributed by atoms with Gasteiger partial charge in [0.05, 0.1) is 12.5 Å². The first kappa shape index (κ1) is 14.4. The molecule has 0 saturated carbocycles. The van der Waals surface area contributed by atoms with Crippen molar-refractivity contribution in [3.8, 4) is 0 Å². The Bertz CT molecular complexity index is 485. The summed E-state index contributed by atoms with van der Waals surface area (Å²) in [5, 5.41) is 4.30. The van der Waals surface area contributed by atoms with Crippen LogP contribution in [0.25, 0.3) is 0 Å². The van der Waals surface area contributed by atoms with Gasteiger partial charge in [0, 0.05) is 17.6 Å². The Morgan fingerprint density at radius 2 is 2.26 bits per heavy atom. The zero-order chi connectivity index (χ0) is 14.0. The van der Waals surface area contributed by atoms with Crippen molar-refractivity contribution in [1.82, 2.24) is 5.32 Å². The minimum atomic E-state index is -0.518. The summed E-state index contributed by atoms with van der Waals surface area (Å²) >= 11 is 6.20. The smallest absolute Gasteiger partial charge is 0.312 e. The van der Waals surface area contributed by atoms with Crippen molar-refractivity contribution in [1.29, 1.82) is 0 Å². The summed E-state index contributed by atoms with van der Waals surface area (Å²) in [6.45, 7) is 4.37. The average Bonchev–Trinajstić information content (AvgIpc) is 2.80. The number of carbonyl (C=O) groups is 1. The molecule has 0 heterocycles. The van der Waals surface area contributed by atoms with E-state index in [-0.39, 0.29) is 12.0 Å². The van der Waals surface area contributed by atoms with Crippen molar-refractivity contribution in [3.63, 3.8) is 0 Å². The number of ether oxygens (including phenoxy) is 1. The summed E-state index contributed by atoms with van der Waals surface area (Å²) in [4.78, 5) is 11.7. The van der Waals surface area contributed by atoms with E-state index >= 15 is 0 Å². The first-order valence-electron chi connectivity index (χ1n) is 6.55. The van der Waals surface area contributed by atoms with Gasteiger partial charge in [-0.3, -0.25) is 4.79 Å². The number of benzene rings is 1. The first-order valence-corrected chi connectivity index (χ1v) is 6.92. The number of halogens is 1. The molecule has 104 valence electrons. The largest absolute Gasteiger partial charge is 0.469 e. The highest BCUT2D eigenvalue weighted by atomic mass is 35.5. The van der Waals surface area contributed by atoms with E-state index in [4.69, 9.17) is 16.3 Å². The molecule has 0 radical (unpaired) electrons. The van der Waals surface area contributed by atoms with Gasteiger partial charge in [0.15, 0.2) is 0 Å². The molecule has 3 nitrogen and oxygen atoms in total. The molecule has 1 aliphatic rings. The van der Waals surface area contributed by atoms with E-state index in [1.165, 1.54) is 18.2 Å². The molecule has 1 N–H and O–H groups in total. The average molecular weight is 282 g/mol. The predicted molar refractivity (Wildman–Crippen MR) is 76.3 cm³/mol.